The van der Waals surface area contributed by atoms with Crippen molar-refractivity contribution in [2.24, 2.45) is 29.6 Å². The van der Waals surface area contributed by atoms with Crippen molar-refractivity contribution in [3.63, 3.8) is 0 Å². The van der Waals surface area contributed by atoms with Crippen LogP contribution in [0.2, 0.25) is 0 Å². The Morgan fingerprint density at radius 1 is 0.729 bits per heavy atom. The van der Waals surface area contributed by atoms with Gasteiger partial charge in [0.15, 0.2) is 11.5 Å². The second kappa shape index (κ2) is 11.5. The number of phenolic OH excluding ortho intramolecular Hbond substituents is 1. The zero-order valence-corrected chi connectivity index (χ0v) is 25.6. The lowest BCUT2D eigenvalue weighted by Gasteiger charge is -2.44. The number of aromatic carboxylic acids is 2. The van der Waals surface area contributed by atoms with E-state index in [9.17, 15) is 44.1 Å². The summed E-state index contributed by atoms with van der Waals surface area (Å²) in [5, 5.41) is 29.1. The van der Waals surface area contributed by atoms with E-state index in [0.29, 0.717) is 5.56 Å². The summed E-state index contributed by atoms with van der Waals surface area (Å²) in [6.45, 7) is 2.03. The molecular formula is C36H30N2O10. The minimum absolute atomic E-state index is 0.00512. The molecule has 7 rings (SSSR count). The number of anilines is 2. The first-order valence-corrected chi connectivity index (χ1v) is 15.6. The number of allylic oxidation sites excluding steroid dienone is 2. The Morgan fingerprint density at radius 3 is 1.81 bits per heavy atom. The number of aromatic hydroxyl groups is 1. The quantitative estimate of drug-likeness (QED) is 0.248. The second-order valence-electron chi connectivity index (χ2n) is 12.4. The topological polar surface area (TPSA) is 179 Å². The van der Waals surface area contributed by atoms with Gasteiger partial charge >= 0.3 is 11.9 Å². The second-order valence-corrected chi connectivity index (χ2v) is 12.4. The Kier molecular flexibility index (Phi) is 7.38. The highest BCUT2D eigenvalue weighted by Gasteiger charge is 2.62. The number of carbonyl (C=O) groups excluding carboxylic acids is 4. The Labute approximate surface area is 273 Å². The van der Waals surface area contributed by atoms with Gasteiger partial charge in [-0.15, -0.1) is 0 Å². The minimum Gasteiger partial charge on any atom is -0.504 e. The van der Waals surface area contributed by atoms with E-state index in [1.54, 1.807) is 19.1 Å². The molecule has 0 bridgehead atoms. The van der Waals surface area contributed by atoms with E-state index in [4.69, 9.17) is 4.74 Å². The van der Waals surface area contributed by atoms with Crippen molar-refractivity contribution in [2.45, 2.75) is 25.7 Å². The molecule has 0 unspecified atom stereocenters. The molecule has 2 saturated heterocycles. The molecule has 0 spiro atoms. The molecule has 2 aliphatic heterocycles. The van der Waals surface area contributed by atoms with Crippen LogP contribution in [0.15, 0.2) is 78.4 Å². The molecule has 4 amide bonds. The number of benzene rings is 3. The fraction of sp³-hybridized carbons (Fsp3) is 0.278. The van der Waals surface area contributed by atoms with Gasteiger partial charge in [-0.1, -0.05) is 17.7 Å². The van der Waals surface area contributed by atoms with Crippen LogP contribution in [-0.2, 0) is 19.2 Å². The van der Waals surface area contributed by atoms with Crippen molar-refractivity contribution >= 4 is 46.9 Å². The highest BCUT2D eigenvalue weighted by atomic mass is 16.5. The third-order valence-corrected chi connectivity index (χ3v) is 10.0. The molecule has 12 nitrogen and oxygen atoms in total. The van der Waals surface area contributed by atoms with E-state index in [1.165, 1.54) is 54.6 Å². The summed E-state index contributed by atoms with van der Waals surface area (Å²) in [6, 6.07) is 15.7. The van der Waals surface area contributed by atoms with E-state index in [1.807, 2.05) is 6.08 Å². The van der Waals surface area contributed by atoms with Crippen LogP contribution in [0.5, 0.6) is 11.5 Å². The molecule has 3 aromatic carbocycles. The number of phenols is 1. The lowest BCUT2D eigenvalue weighted by molar-refractivity contribution is -0.126. The van der Waals surface area contributed by atoms with Crippen molar-refractivity contribution in [3.8, 4) is 11.5 Å². The number of hydrogen-bond acceptors (Lipinski definition) is 8. The summed E-state index contributed by atoms with van der Waals surface area (Å²) in [5.74, 6) is -8.58. The summed E-state index contributed by atoms with van der Waals surface area (Å²) in [4.78, 5) is 81.3. The van der Waals surface area contributed by atoms with Gasteiger partial charge in [0.1, 0.15) is 0 Å². The molecule has 244 valence electrons. The Bertz CT molecular complexity index is 1930. The van der Waals surface area contributed by atoms with Gasteiger partial charge < -0.3 is 20.1 Å². The monoisotopic (exact) mass is 650 g/mol. The van der Waals surface area contributed by atoms with Gasteiger partial charge in [0.05, 0.1) is 52.8 Å². The van der Waals surface area contributed by atoms with E-state index >= 15 is 0 Å². The molecule has 48 heavy (non-hydrogen) atoms. The maximum Gasteiger partial charge on any atom is 0.335 e. The number of rotatable bonds is 7. The van der Waals surface area contributed by atoms with Crippen molar-refractivity contribution in [3.05, 3.63) is 95.1 Å². The summed E-state index contributed by atoms with van der Waals surface area (Å²) >= 11 is 0. The number of ether oxygens (including phenoxy) is 1. The Balaban J connectivity index is 1.31. The SMILES string of the molecule is CCOc1cc([C@H]2C3=CC[C@@H]4C(=O)N(c5ccc(C(=O)O)cc5)C(=O)[C@@H]4[C@@H]3C[C@H]3C(=O)N(c4ccc(C(=O)O)cc4)C(=O)[C@@H]23)ccc1O. The molecule has 2 heterocycles. The van der Waals surface area contributed by atoms with Gasteiger partial charge in [-0.3, -0.25) is 29.0 Å². The van der Waals surface area contributed by atoms with Crippen molar-refractivity contribution in [1.82, 2.24) is 0 Å². The number of fused-ring (bicyclic) bond motifs is 4. The number of amides is 4. The van der Waals surface area contributed by atoms with Crippen LogP contribution in [0.3, 0.4) is 0 Å². The maximum absolute atomic E-state index is 14.3. The maximum atomic E-state index is 14.3. The number of nitrogens with zero attached hydrogens (tertiary/aromatic N) is 2. The Hall–Kier alpha value is -5.78. The standard InChI is InChI=1S/C36H30N2O10/c1-2-48-27-15-19(7-14-26(27)39)28-22-12-13-23-29(33(42)37(31(23)40)20-8-3-17(4-9-20)35(44)45)24(22)16-25-30(28)34(43)38(32(25)41)21-10-5-18(6-11-21)36(46)47/h3-12,14-15,23-25,28-30,39H,2,13,16H2,1H3,(H,44,45)(H,46,47)/t23-,24+,25+,28-,29-,30+/m0/s1. The molecule has 6 atom stereocenters. The Morgan fingerprint density at radius 2 is 1.27 bits per heavy atom. The van der Waals surface area contributed by atoms with Gasteiger partial charge in [0, 0.05) is 5.92 Å². The number of carboxylic acids is 2. The van der Waals surface area contributed by atoms with Gasteiger partial charge in [-0.05, 0) is 91.9 Å². The largest absolute Gasteiger partial charge is 0.504 e. The molecule has 0 radical (unpaired) electrons. The number of carboxylic acid groups (broad SMARTS) is 2. The van der Waals surface area contributed by atoms with E-state index in [-0.39, 0.29) is 53.4 Å². The first kappa shape index (κ1) is 30.9. The third kappa shape index (κ3) is 4.66. The molecule has 12 heteroatoms. The van der Waals surface area contributed by atoms with E-state index < -0.39 is 71.1 Å². The van der Waals surface area contributed by atoms with Crippen molar-refractivity contribution < 1.29 is 48.8 Å². The molecule has 2 aliphatic carbocycles. The van der Waals surface area contributed by atoms with Gasteiger partial charge in [-0.2, -0.15) is 0 Å². The molecular weight excluding hydrogens is 620 g/mol. The van der Waals surface area contributed by atoms with Crippen LogP contribution < -0.4 is 14.5 Å². The molecule has 1 saturated carbocycles. The molecule has 4 aliphatic rings. The summed E-state index contributed by atoms with van der Waals surface area (Å²) in [6.07, 6.45) is 2.24. The van der Waals surface area contributed by atoms with Crippen LogP contribution in [0.1, 0.15) is 52.0 Å². The fourth-order valence-electron chi connectivity index (χ4n) is 7.97. The van der Waals surface area contributed by atoms with Crippen LogP contribution in [0.25, 0.3) is 0 Å². The van der Waals surface area contributed by atoms with Gasteiger partial charge in [-0.25, -0.2) is 9.59 Å². The fourth-order valence-corrected chi connectivity index (χ4v) is 7.97. The molecule has 3 N–H and O–H groups in total. The average molecular weight is 651 g/mol. The van der Waals surface area contributed by atoms with Crippen LogP contribution >= 0.6 is 0 Å². The molecule has 3 fully saturated rings. The molecule has 0 aromatic heterocycles. The van der Waals surface area contributed by atoms with E-state index in [0.717, 1.165) is 15.4 Å². The van der Waals surface area contributed by atoms with E-state index in [2.05, 4.69) is 0 Å². The van der Waals surface area contributed by atoms with Crippen molar-refractivity contribution in [2.75, 3.05) is 16.4 Å². The van der Waals surface area contributed by atoms with Crippen molar-refractivity contribution in [1.29, 1.82) is 0 Å². The zero-order chi connectivity index (χ0) is 34.0. The first-order valence-electron chi connectivity index (χ1n) is 15.6. The summed E-state index contributed by atoms with van der Waals surface area (Å²) < 4.78 is 5.65. The third-order valence-electron chi connectivity index (χ3n) is 10.0. The van der Waals surface area contributed by atoms with Crippen LogP contribution in [-0.4, -0.2) is 57.5 Å². The predicted molar refractivity (Wildman–Crippen MR) is 169 cm³/mol. The minimum atomic E-state index is -1.15. The zero-order valence-electron chi connectivity index (χ0n) is 25.6. The number of carbonyl (C=O) groups is 6. The van der Waals surface area contributed by atoms with Gasteiger partial charge in [0.2, 0.25) is 23.6 Å². The highest BCUT2D eigenvalue weighted by molar-refractivity contribution is 6.24. The first-order chi connectivity index (χ1) is 23.0. The predicted octanol–water partition coefficient (Wildman–Crippen LogP) is 4.23. The van der Waals surface area contributed by atoms with Crippen LogP contribution in [0, 0.1) is 29.6 Å². The number of hydrogen-bond donors (Lipinski definition) is 3. The van der Waals surface area contributed by atoms with Gasteiger partial charge in [0.25, 0.3) is 0 Å². The normalized spacial score (nSPS) is 26.1. The summed E-state index contributed by atoms with van der Waals surface area (Å²) in [5.41, 5.74) is 1.82. The smallest absolute Gasteiger partial charge is 0.335 e. The molecule has 3 aromatic rings. The average Bonchev–Trinajstić information content (AvgIpc) is 3.48. The number of imide groups is 2. The summed E-state index contributed by atoms with van der Waals surface area (Å²) in [7, 11) is 0. The van der Waals surface area contributed by atoms with Crippen LogP contribution in [0.4, 0.5) is 11.4 Å². The lowest BCUT2D eigenvalue weighted by atomic mass is 9.57. The lowest BCUT2D eigenvalue weighted by Crippen LogP contribution is -2.43. The highest BCUT2D eigenvalue weighted by Crippen LogP contribution is 2.58.